The molecule has 2 nitrogen and oxygen atoms in total. The van der Waals surface area contributed by atoms with Crippen LogP contribution in [-0.2, 0) is 0 Å². The van der Waals surface area contributed by atoms with Crippen LogP contribution in [0.3, 0.4) is 0 Å². The third-order valence-corrected chi connectivity index (χ3v) is 1.71. The van der Waals surface area contributed by atoms with Crippen LogP contribution in [0.4, 0.5) is 0 Å². The van der Waals surface area contributed by atoms with Crippen LogP contribution in [0.2, 0.25) is 0 Å². The number of hydrogen-bond donors (Lipinski definition) is 1. The highest BCUT2D eigenvalue weighted by Crippen LogP contribution is 2.20. The first-order valence-corrected chi connectivity index (χ1v) is 3.59. The van der Waals surface area contributed by atoms with Gasteiger partial charge >= 0.3 is 0 Å². The quantitative estimate of drug-likeness (QED) is 0.417. The van der Waals surface area contributed by atoms with Crippen LogP contribution in [0.25, 0.3) is 0 Å². The average molecular weight is 126 g/mol. The Kier molecular flexibility index (Phi) is 2.09. The van der Waals surface area contributed by atoms with Crippen LogP contribution in [0, 0.1) is 0 Å². The van der Waals surface area contributed by atoms with Gasteiger partial charge in [-0.1, -0.05) is 12.8 Å². The second kappa shape index (κ2) is 2.85. The van der Waals surface area contributed by atoms with E-state index in [1.54, 1.807) is 0 Å². The van der Waals surface area contributed by atoms with Gasteiger partial charge in [0.25, 0.3) is 0 Å². The third kappa shape index (κ3) is 2.04. The Bertz CT molecular complexity index is 108. The van der Waals surface area contributed by atoms with Crippen LogP contribution in [-0.4, -0.2) is 11.9 Å². The van der Waals surface area contributed by atoms with E-state index in [0.717, 1.165) is 5.84 Å². The van der Waals surface area contributed by atoms with Crippen molar-refractivity contribution in [2.24, 2.45) is 10.7 Å². The minimum Gasteiger partial charge on any atom is -0.388 e. The lowest BCUT2D eigenvalue weighted by molar-refractivity contribution is 0.705. The number of hydrogen-bond acceptors (Lipinski definition) is 1. The number of nitrogens with two attached hydrogens (primary N) is 1. The zero-order valence-corrected chi connectivity index (χ0v) is 5.93. The summed E-state index contributed by atoms with van der Waals surface area (Å²) in [5.74, 6) is 0.738. The van der Waals surface area contributed by atoms with Crippen molar-refractivity contribution in [1.82, 2.24) is 0 Å². The van der Waals surface area contributed by atoms with Gasteiger partial charge in [0.1, 0.15) is 0 Å². The molecule has 52 valence electrons. The molecule has 0 radical (unpaired) electrons. The molecule has 0 unspecified atom stereocenters. The van der Waals surface area contributed by atoms with Crippen molar-refractivity contribution in [2.45, 2.75) is 38.6 Å². The van der Waals surface area contributed by atoms with E-state index in [-0.39, 0.29) is 0 Å². The van der Waals surface area contributed by atoms with Gasteiger partial charge in [0.2, 0.25) is 0 Å². The van der Waals surface area contributed by atoms with E-state index >= 15 is 0 Å². The predicted molar refractivity (Wildman–Crippen MR) is 39.6 cm³/mol. The van der Waals surface area contributed by atoms with E-state index in [1.165, 1.54) is 25.7 Å². The lowest BCUT2D eigenvalue weighted by Crippen LogP contribution is -2.10. The van der Waals surface area contributed by atoms with Crippen LogP contribution >= 0.6 is 0 Å². The zero-order valence-electron chi connectivity index (χ0n) is 5.93. The van der Waals surface area contributed by atoms with E-state index in [2.05, 4.69) is 4.99 Å². The van der Waals surface area contributed by atoms with Crippen molar-refractivity contribution < 1.29 is 0 Å². The molecule has 0 aromatic heterocycles. The standard InChI is InChI=1S/C7H14N2/c1-6(8)9-7-4-2-3-5-7/h7H,2-5H2,1H3,(H2,8,9). The van der Waals surface area contributed by atoms with Gasteiger partial charge in [-0.25, -0.2) is 0 Å². The second-order valence-corrected chi connectivity index (χ2v) is 2.71. The summed E-state index contributed by atoms with van der Waals surface area (Å²) in [6.07, 6.45) is 5.16. The van der Waals surface area contributed by atoms with Gasteiger partial charge in [0.05, 0.1) is 11.9 Å². The highest BCUT2D eigenvalue weighted by Gasteiger charge is 2.12. The Morgan fingerprint density at radius 2 is 2.00 bits per heavy atom. The maximum absolute atomic E-state index is 5.42. The minimum atomic E-state index is 0.551. The van der Waals surface area contributed by atoms with E-state index in [0.29, 0.717) is 6.04 Å². The fraction of sp³-hybridized carbons (Fsp3) is 0.857. The van der Waals surface area contributed by atoms with Gasteiger partial charge in [-0.3, -0.25) is 4.99 Å². The minimum absolute atomic E-state index is 0.551. The maximum atomic E-state index is 5.42. The molecule has 0 spiro atoms. The summed E-state index contributed by atoms with van der Waals surface area (Å²) in [4.78, 5) is 4.27. The first kappa shape index (κ1) is 6.59. The molecule has 0 amide bonds. The molecule has 1 fully saturated rings. The van der Waals surface area contributed by atoms with Gasteiger partial charge in [-0.05, 0) is 19.8 Å². The van der Waals surface area contributed by atoms with Gasteiger partial charge in [-0.2, -0.15) is 0 Å². The van der Waals surface area contributed by atoms with Gasteiger partial charge in [0, 0.05) is 0 Å². The Labute approximate surface area is 56.2 Å². The fourth-order valence-corrected chi connectivity index (χ4v) is 1.32. The van der Waals surface area contributed by atoms with Gasteiger partial charge in [0.15, 0.2) is 0 Å². The molecule has 0 bridgehead atoms. The van der Waals surface area contributed by atoms with E-state index < -0.39 is 0 Å². The zero-order chi connectivity index (χ0) is 6.69. The normalized spacial score (nSPS) is 23.0. The van der Waals surface area contributed by atoms with Crippen molar-refractivity contribution in [2.75, 3.05) is 0 Å². The summed E-state index contributed by atoms with van der Waals surface area (Å²) in [5, 5.41) is 0. The molecule has 0 aromatic rings. The van der Waals surface area contributed by atoms with Crippen LogP contribution in [0.5, 0.6) is 0 Å². The Morgan fingerprint density at radius 3 is 2.44 bits per heavy atom. The van der Waals surface area contributed by atoms with Crippen LogP contribution in [0.1, 0.15) is 32.6 Å². The monoisotopic (exact) mass is 126 g/mol. The first-order chi connectivity index (χ1) is 4.29. The molecule has 0 atom stereocenters. The fourth-order valence-electron chi connectivity index (χ4n) is 1.32. The summed E-state index contributed by atoms with van der Waals surface area (Å²) in [6.45, 7) is 1.86. The van der Waals surface area contributed by atoms with Gasteiger partial charge in [-0.15, -0.1) is 0 Å². The number of amidine groups is 1. The number of aliphatic imine (C=N–C) groups is 1. The molecular formula is C7H14N2. The third-order valence-electron chi connectivity index (χ3n) is 1.71. The number of rotatable bonds is 1. The molecule has 1 aliphatic carbocycles. The molecule has 0 aliphatic heterocycles. The Morgan fingerprint density at radius 1 is 1.44 bits per heavy atom. The molecular weight excluding hydrogens is 112 g/mol. The lowest BCUT2D eigenvalue weighted by Gasteiger charge is -2.00. The lowest BCUT2D eigenvalue weighted by atomic mass is 10.3. The van der Waals surface area contributed by atoms with Crippen molar-refractivity contribution in [3.05, 3.63) is 0 Å². The summed E-state index contributed by atoms with van der Waals surface area (Å²) >= 11 is 0. The molecule has 0 aromatic carbocycles. The van der Waals surface area contributed by atoms with Crippen molar-refractivity contribution in [3.8, 4) is 0 Å². The molecule has 1 rings (SSSR count). The molecule has 9 heavy (non-hydrogen) atoms. The van der Waals surface area contributed by atoms with E-state index in [1.807, 2.05) is 6.92 Å². The van der Waals surface area contributed by atoms with Crippen molar-refractivity contribution in [3.63, 3.8) is 0 Å². The van der Waals surface area contributed by atoms with E-state index in [9.17, 15) is 0 Å². The predicted octanol–water partition coefficient (Wildman–Crippen LogP) is 1.31. The smallest absolute Gasteiger partial charge is 0.0909 e. The topological polar surface area (TPSA) is 38.4 Å². The molecule has 2 heteroatoms. The summed E-state index contributed by atoms with van der Waals surface area (Å²) < 4.78 is 0. The molecule has 0 saturated heterocycles. The summed E-state index contributed by atoms with van der Waals surface area (Å²) in [5.41, 5.74) is 5.42. The largest absolute Gasteiger partial charge is 0.388 e. The summed E-state index contributed by atoms with van der Waals surface area (Å²) in [7, 11) is 0. The SMILES string of the molecule is CC(N)=NC1CCCC1. The highest BCUT2D eigenvalue weighted by atomic mass is 14.9. The van der Waals surface area contributed by atoms with Crippen LogP contribution < -0.4 is 5.73 Å². The van der Waals surface area contributed by atoms with Gasteiger partial charge < -0.3 is 5.73 Å². The summed E-state index contributed by atoms with van der Waals surface area (Å²) in [6, 6.07) is 0.551. The average Bonchev–Trinajstić information content (AvgIpc) is 2.15. The first-order valence-electron chi connectivity index (χ1n) is 3.59. The highest BCUT2D eigenvalue weighted by molar-refractivity contribution is 5.77. The Hall–Kier alpha value is -0.530. The molecule has 1 aliphatic rings. The molecule has 0 heterocycles. The molecule has 2 N–H and O–H groups in total. The van der Waals surface area contributed by atoms with Crippen LogP contribution in [0.15, 0.2) is 4.99 Å². The van der Waals surface area contributed by atoms with Crippen molar-refractivity contribution in [1.29, 1.82) is 0 Å². The van der Waals surface area contributed by atoms with Crippen molar-refractivity contribution >= 4 is 5.84 Å². The number of nitrogens with zero attached hydrogens (tertiary/aromatic N) is 1. The maximum Gasteiger partial charge on any atom is 0.0909 e. The van der Waals surface area contributed by atoms with E-state index in [4.69, 9.17) is 5.73 Å². The molecule has 1 saturated carbocycles. The Balaban J connectivity index is 2.35. The second-order valence-electron chi connectivity index (χ2n) is 2.71.